The van der Waals surface area contributed by atoms with Gasteiger partial charge in [-0.05, 0) is 57.7 Å². The summed E-state index contributed by atoms with van der Waals surface area (Å²) < 4.78 is 83.0. The Labute approximate surface area is 245 Å². The largest absolute Gasteiger partial charge is 0.484 e. The molecule has 3 N–H and O–H groups in total. The van der Waals surface area contributed by atoms with Gasteiger partial charge in [0.05, 0.1) is 16.6 Å². The summed E-state index contributed by atoms with van der Waals surface area (Å²) in [5.41, 5.74) is 6.35. The van der Waals surface area contributed by atoms with Gasteiger partial charge in [0, 0.05) is 24.7 Å². The van der Waals surface area contributed by atoms with E-state index in [1.54, 1.807) is 22.8 Å². The molecule has 0 aliphatic carbocycles. The van der Waals surface area contributed by atoms with E-state index < -0.39 is 34.1 Å². The maximum Gasteiger partial charge on any atom is 0.416 e. The molecule has 0 aliphatic rings. The predicted octanol–water partition coefficient (Wildman–Crippen LogP) is 4.90. The summed E-state index contributed by atoms with van der Waals surface area (Å²) in [7, 11) is -0.744. The van der Waals surface area contributed by atoms with Crippen molar-refractivity contribution in [2.45, 2.75) is 32.2 Å². The Morgan fingerprint density at radius 2 is 1.88 bits per heavy atom. The highest BCUT2D eigenvalue weighted by Gasteiger charge is 2.35. The molecule has 0 bridgehead atoms. The summed E-state index contributed by atoms with van der Waals surface area (Å²) in [6, 6.07) is 11.6. The number of hydrogen-bond acceptors (Lipinski definition) is 7. The first-order chi connectivity index (χ1) is 19.6. The predicted molar refractivity (Wildman–Crippen MR) is 153 cm³/mol. The highest BCUT2D eigenvalue weighted by atomic mass is 32.2. The number of ether oxygens (including phenoxy) is 1. The Bertz CT molecular complexity index is 1680. The van der Waals surface area contributed by atoms with Crippen LogP contribution < -0.4 is 10.5 Å². The fourth-order valence-electron chi connectivity index (χ4n) is 4.47. The van der Waals surface area contributed by atoms with Crippen LogP contribution in [-0.4, -0.2) is 64.8 Å². The molecule has 0 saturated carbocycles. The molecule has 0 radical (unpaired) electrons. The highest BCUT2D eigenvalue weighted by molar-refractivity contribution is 7.83. The third-order valence-corrected chi connectivity index (χ3v) is 8.56. The van der Waals surface area contributed by atoms with E-state index in [1.807, 2.05) is 19.0 Å². The van der Waals surface area contributed by atoms with Gasteiger partial charge in [0.1, 0.15) is 28.1 Å². The molecule has 2 aromatic carbocycles. The van der Waals surface area contributed by atoms with Crippen LogP contribution in [0.25, 0.3) is 16.0 Å². The standard InChI is InChI=1S/C27H30F3N5O5S2/c1-17(19-7-4-5-8-20(19)27(28,29)30)40-23-14-24(41-25(23)26(31)36)35-16-32-21-10-9-18(13-22(21)35)15-34(42(37,38)39)12-6-11-33(2)3/h4-5,7-10,13-14,16-17H,6,11-12,15H2,1-3H3,(H2,31,36)(H,37,38,39)/t17-/m1/s1. The summed E-state index contributed by atoms with van der Waals surface area (Å²) >= 11 is 0.975. The van der Waals surface area contributed by atoms with E-state index in [0.29, 0.717) is 34.6 Å². The van der Waals surface area contributed by atoms with Crippen LogP contribution >= 0.6 is 11.3 Å². The summed E-state index contributed by atoms with van der Waals surface area (Å²) in [6.07, 6.45) is -3.65. The van der Waals surface area contributed by atoms with Gasteiger partial charge in [-0.15, -0.1) is 11.3 Å². The van der Waals surface area contributed by atoms with Crippen molar-refractivity contribution in [3.63, 3.8) is 0 Å². The number of carbonyl (C=O) groups excluding carboxylic acids is 1. The number of benzene rings is 2. The first-order valence-corrected chi connectivity index (χ1v) is 15.0. The van der Waals surface area contributed by atoms with Gasteiger partial charge in [0.25, 0.3) is 5.91 Å². The molecule has 1 amide bonds. The van der Waals surface area contributed by atoms with Gasteiger partial charge in [-0.2, -0.15) is 25.9 Å². The molecule has 4 aromatic rings. The lowest BCUT2D eigenvalue weighted by molar-refractivity contribution is -0.139. The SMILES string of the molecule is C[C@@H](Oc1cc(-n2cnc3ccc(CN(CCCN(C)C)S(=O)(=O)O)cc32)sc1C(N)=O)c1ccccc1C(F)(F)F. The van der Waals surface area contributed by atoms with E-state index in [0.717, 1.165) is 21.7 Å². The Balaban J connectivity index is 1.66. The van der Waals surface area contributed by atoms with Crippen LogP contribution in [0, 0.1) is 0 Å². The Hall–Kier alpha value is -3.50. The molecule has 226 valence electrons. The molecule has 42 heavy (non-hydrogen) atoms. The van der Waals surface area contributed by atoms with Gasteiger partial charge in [-0.1, -0.05) is 24.3 Å². The van der Waals surface area contributed by atoms with Crippen LogP contribution in [0.1, 0.15) is 45.8 Å². The number of fused-ring (bicyclic) bond motifs is 1. The first-order valence-electron chi connectivity index (χ1n) is 12.7. The van der Waals surface area contributed by atoms with Crippen LogP contribution in [0.3, 0.4) is 0 Å². The van der Waals surface area contributed by atoms with Crippen molar-refractivity contribution in [1.82, 2.24) is 18.8 Å². The van der Waals surface area contributed by atoms with Crippen molar-refractivity contribution >= 4 is 38.6 Å². The van der Waals surface area contributed by atoms with E-state index in [-0.39, 0.29) is 29.3 Å². The maximum atomic E-state index is 13.6. The van der Waals surface area contributed by atoms with Gasteiger partial charge >= 0.3 is 16.5 Å². The van der Waals surface area contributed by atoms with Crippen molar-refractivity contribution in [1.29, 1.82) is 0 Å². The number of hydrogen-bond donors (Lipinski definition) is 2. The number of primary amides is 1. The molecule has 4 rings (SSSR count). The quantitative estimate of drug-likeness (QED) is 0.214. The summed E-state index contributed by atoms with van der Waals surface area (Å²) in [5.74, 6) is -0.799. The average Bonchev–Trinajstić information content (AvgIpc) is 3.50. The number of amides is 1. The van der Waals surface area contributed by atoms with E-state index in [1.165, 1.54) is 37.5 Å². The second-order valence-corrected chi connectivity index (χ2v) is 12.3. The average molecular weight is 626 g/mol. The number of thiophene rings is 1. The molecule has 2 heterocycles. The fourth-order valence-corrected chi connectivity index (χ4v) is 6.07. The fraction of sp³-hybridized carbons (Fsp3) is 0.333. The molecule has 2 aromatic heterocycles. The second-order valence-electron chi connectivity index (χ2n) is 9.89. The van der Waals surface area contributed by atoms with Crippen LogP contribution in [0.5, 0.6) is 5.75 Å². The Kier molecular flexibility index (Phi) is 9.27. The summed E-state index contributed by atoms with van der Waals surface area (Å²) in [5, 5.41) is 0.451. The third kappa shape index (κ3) is 7.28. The number of rotatable bonds is 12. The molecule has 1 atom stereocenters. The normalized spacial score (nSPS) is 13.3. The Morgan fingerprint density at radius 3 is 2.52 bits per heavy atom. The molecule has 0 unspecified atom stereocenters. The van der Waals surface area contributed by atoms with Crippen molar-refractivity contribution in [3.05, 3.63) is 76.4 Å². The molecule has 0 spiro atoms. The molecule has 0 saturated heterocycles. The maximum absolute atomic E-state index is 13.6. The van der Waals surface area contributed by atoms with Crippen LogP contribution in [0.2, 0.25) is 0 Å². The van der Waals surface area contributed by atoms with Gasteiger partial charge in [-0.25, -0.2) is 4.98 Å². The van der Waals surface area contributed by atoms with Gasteiger partial charge < -0.3 is 15.4 Å². The number of carbonyl (C=O) groups is 1. The molecular formula is C27H30F3N5O5S2. The minimum Gasteiger partial charge on any atom is -0.484 e. The molecule has 0 aliphatic heterocycles. The van der Waals surface area contributed by atoms with Crippen molar-refractivity contribution in [2.75, 3.05) is 27.2 Å². The second kappa shape index (κ2) is 12.4. The lowest BCUT2D eigenvalue weighted by Gasteiger charge is -2.20. The highest BCUT2D eigenvalue weighted by Crippen LogP contribution is 2.39. The molecular weight excluding hydrogens is 595 g/mol. The lowest BCUT2D eigenvalue weighted by Crippen LogP contribution is -2.32. The van der Waals surface area contributed by atoms with E-state index >= 15 is 0 Å². The van der Waals surface area contributed by atoms with Gasteiger partial charge in [0.15, 0.2) is 0 Å². The van der Waals surface area contributed by atoms with Gasteiger partial charge in [-0.3, -0.25) is 13.9 Å². The number of aromatic nitrogens is 2. The zero-order chi connectivity index (χ0) is 30.8. The first kappa shape index (κ1) is 31.4. The zero-order valence-corrected chi connectivity index (χ0v) is 24.6. The molecule has 15 heteroatoms. The van der Waals surface area contributed by atoms with Crippen molar-refractivity contribution < 1.29 is 35.7 Å². The van der Waals surface area contributed by atoms with Gasteiger partial charge in [0.2, 0.25) is 0 Å². The summed E-state index contributed by atoms with van der Waals surface area (Å²) in [4.78, 5) is 18.6. The van der Waals surface area contributed by atoms with E-state index in [2.05, 4.69) is 4.98 Å². The van der Waals surface area contributed by atoms with Crippen LogP contribution in [0.15, 0.2) is 54.9 Å². The van der Waals surface area contributed by atoms with E-state index in [4.69, 9.17) is 10.5 Å². The van der Waals surface area contributed by atoms with Crippen LogP contribution in [0.4, 0.5) is 13.2 Å². The number of nitrogens with zero attached hydrogens (tertiary/aromatic N) is 4. The third-order valence-electron chi connectivity index (χ3n) is 6.46. The molecule has 0 fully saturated rings. The minimum absolute atomic E-state index is 0.0118. The zero-order valence-electron chi connectivity index (χ0n) is 23.0. The van der Waals surface area contributed by atoms with Crippen molar-refractivity contribution in [3.8, 4) is 10.8 Å². The molecule has 10 nitrogen and oxygen atoms in total. The number of nitrogens with two attached hydrogens (primary N) is 1. The number of imidazole rings is 1. The smallest absolute Gasteiger partial charge is 0.416 e. The minimum atomic E-state index is -4.59. The van der Waals surface area contributed by atoms with Crippen molar-refractivity contribution in [2.24, 2.45) is 5.73 Å². The topological polar surface area (TPSA) is 131 Å². The van der Waals surface area contributed by atoms with E-state index in [9.17, 15) is 30.9 Å². The lowest BCUT2D eigenvalue weighted by atomic mass is 10.0. The monoisotopic (exact) mass is 625 g/mol. The summed E-state index contributed by atoms with van der Waals surface area (Å²) in [6.45, 7) is 2.10. The Morgan fingerprint density at radius 1 is 1.17 bits per heavy atom. The number of halogens is 3. The van der Waals surface area contributed by atoms with Crippen LogP contribution in [-0.2, 0) is 23.0 Å². The number of alkyl halides is 3.